The number of halogens is 1. The molecule has 0 aliphatic rings. The zero-order valence-corrected chi connectivity index (χ0v) is 13.3. The number of hydrogen-bond donors (Lipinski definition) is 1. The standard InChI is InChI=1S/C15H18BrN3O/c1-17-15-13(16)14(11-7-4-3-5-8-11)18-12(19-15)9-6-10-20-2/h3-5,7-8H,6,9-10H2,1-2H3,(H,17,18,19). The average Bonchev–Trinajstić information content (AvgIpc) is 2.49. The summed E-state index contributed by atoms with van der Waals surface area (Å²) in [7, 11) is 3.57. The highest BCUT2D eigenvalue weighted by Crippen LogP contribution is 2.31. The largest absolute Gasteiger partial charge is 0.385 e. The van der Waals surface area contributed by atoms with Gasteiger partial charge in [-0.15, -0.1) is 0 Å². The molecule has 0 bridgehead atoms. The molecule has 0 fully saturated rings. The summed E-state index contributed by atoms with van der Waals surface area (Å²) in [5, 5.41) is 3.11. The third-order valence-electron chi connectivity index (χ3n) is 2.93. The van der Waals surface area contributed by atoms with Crippen molar-refractivity contribution < 1.29 is 4.74 Å². The fourth-order valence-corrected chi connectivity index (χ4v) is 2.54. The first-order chi connectivity index (χ1) is 9.76. The highest BCUT2D eigenvalue weighted by atomic mass is 79.9. The number of aryl methyl sites for hydroxylation is 1. The Kier molecular flexibility index (Phi) is 5.49. The number of ether oxygens (including phenoxy) is 1. The van der Waals surface area contributed by atoms with Crippen molar-refractivity contribution in [3.05, 3.63) is 40.6 Å². The highest BCUT2D eigenvalue weighted by Gasteiger charge is 2.12. The molecule has 2 rings (SSSR count). The van der Waals surface area contributed by atoms with E-state index in [2.05, 4.69) is 31.2 Å². The zero-order chi connectivity index (χ0) is 14.4. The summed E-state index contributed by atoms with van der Waals surface area (Å²) in [5.41, 5.74) is 1.99. The average molecular weight is 336 g/mol. The van der Waals surface area contributed by atoms with Crippen LogP contribution in [0.15, 0.2) is 34.8 Å². The maximum Gasteiger partial charge on any atom is 0.144 e. The molecule has 0 spiro atoms. The molecule has 5 heteroatoms. The van der Waals surface area contributed by atoms with Crippen molar-refractivity contribution in [2.75, 3.05) is 26.1 Å². The summed E-state index contributed by atoms with van der Waals surface area (Å²) in [4.78, 5) is 9.19. The lowest BCUT2D eigenvalue weighted by atomic mass is 10.1. The summed E-state index contributed by atoms with van der Waals surface area (Å²) in [5.74, 6) is 1.64. The minimum Gasteiger partial charge on any atom is -0.385 e. The van der Waals surface area contributed by atoms with Crippen LogP contribution in [0.25, 0.3) is 11.3 Å². The molecule has 1 heterocycles. The lowest BCUT2D eigenvalue weighted by Gasteiger charge is -2.11. The van der Waals surface area contributed by atoms with Crippen molar-refractivity contribution in [3.63, 3.8) is 0 Å². The van der Waals surface area contributed by atoms with E-state index in [1.54, 1.807) is 7.11 Å². The fourth-order valence-electron chi connectivity index (χ4n) is 1.93. The van der Waals surface area contributed by atoms with E-state index in [1.165, 1.54) is 0 Å². The molecular formula is C15H18BrN3O. The highest BCUT2D eigenvalue weighted by molar-refractivity contribution is 9.10. The monoisotopic (exact) mass is 335 g/mol. The Morgan fingerprint density at radius 2 is 1.95 bits per heavy atom. The Morgan fingerprint density at radius 1 is 1.20 bits per heavy atom. The number of anilines is 1. The maximum absolute atomic E-state index is 5.08. The second-order valence-corrected chi connectivity index (χ2v) is 5.16. The van der Waals surface area contributed by atoms with Crippen LogP contribution in [-0.4, -0.2) is 30.7 Å². The van der Waals surface area contributed by atoms with Crippen molar-refractivity contribution in [1.82, 2.24) is 9.97 Å². The number of nitrogens with zero attached hydrogens (tertiary/aromatic N) is 2. The molecule has 0 atom stereocenters. The van der Waals surface area contributed by atoms with E-state index < -0.39 is 0 Å². The first kappa shape index (κ1) is 14.9. The molecule has 2 aromatic rings. The lowest BCUT2D eigenvalue weighted by molar-refractivity contribution is 0.194. The molecular weight excluding hydrogens is 318 g/mol. The van der Waals surface area contributed by atoms with E-state index in [4.69, 9.17) is 4.74 Å². The van der Waals surface area contributed by atoms with Crippen molar-refractivity contribution in [2.24, 2.45) is 0 Å². The van der Waals surface area contributed by atoms with Gasteiger partial charge in [-0.25, -0.2) is 9.97 Å². The van der Waals surface area contributed by atoms with Crippen LogP contribution in [-0.2, 0) is 11.2 Å². The van der Waals surface area contributed by atoms with E-state index in [-0.39, 0.29) is 0 Å². The molecule has 0 amide bonds. The van der Waals surface area contributed by atoms with Crippen LogP contribution in [0.3, 0.4) is 0 Å². The zero-order valence-electron chi connectivity index (χ0n) is 11.7. The molecule has 20 heavy (non-hydrogen) atoms. The Bertz CT molecular complexity index is 561. The summed E-state index contributed by atoms with van der Waals surface area (Å²) in [6.45, 7) is 0.717. The Balaban J connectivity index is 2.37. The molecule has 106 valence electrons. The molecule has 0 saturated carbocycles. The van der Waals surface area contributed by atoms with Crippen molar-refractivity contribution >= 4 is 21.7 Å². The molecule has 0 aliphatic heterocycles. The number of aromatic nitrogens is 2. The van der Waals surface area contributed by atoms with Crippen LogP contribution in [0.5, 0.6) is 0 Å². The van der Waals surface area contributed by atoms with Gasteiger partial charge in [-0.05, 0) is 22.4 Å². The van der Waals surface area contributed by atoms with E-state index in [9.17, 15) is 0 Å². The Morgan fingerprint density at radius 3 is 2.60 bits per heavy atom. The van der Waals surface area contributed by atoms with Crippen LogP contribution in [0, 0.1) is 0 Å². The Hall–Kier alpha value is -1.46. The van der Waals surface area contributed by atoms with E-state index in [1.807, 2.05) is 37.4 Å². The first-order valence-electron chi connectivity index (χ1n) is 6.54. The van der Waals surface area contributed by atoms with Crippen LogP contribution < -0.4 is 5.32 Å². The molecule has 1 aromatic heterocycles. The third kappa shape index (κ3) is 3.55. The summed E-state index contributed by atoms with van der Waals surface area (Å²) in [6, 6.07) is 10.1. The van der Waals surface area contributed by atoms with Gasteiger partial charge in [0.25, 0.3) is 0 Å². The number of benzene rings is 1. The normalized spacial score (nSPS) is 10.6. The van der Waals surface area contributed by atoms with E-state index >= 15 is 0 Å². The topological polar surface area (TPSA) is 47.0 Å². The molecule has 1 aromatic carbocycles. The number of methoxy groups -OCH3 is 1. The maximum atomic E-state index is 5.08. The quantitative estimate of drug-likeness (QED) is 0.820. The smallest absolute Gasteiger partial charge is 0.144 e. The minimum absolute atomic E-state index is 0.717. The minimum atomic E-state index is 0.717. The van der Waals surface area contributed by atoms with Crippen LogP contribution in [0.4, 0.5) is 5.82 Å². The van der Waals surface area contributed by atoms with Crippen LogP contribution >= 0.6 is 15.9 Å². The molecule has 4 nitrogen and oxygen atoms in total. The number of nitrogens with one attached hydrogen (secondary N) is 1. The van der Waals surface area contributed by atoms with Gasteiger partial charge in [0.15, 0.2) is 0 Å². The summed E-state index contributed by atoms with van der Waals surface area (Å²) >= 11 is 3.58. The summed E-state index contributed by atoms with van der Waals surface area (Å²) < 4.78 is 5.97. The molecule has 0 radical (unpaired) electrons. The van der Waals surface area contributed by atoms with Gasteiger partial charge in [0.05, 0.1) is 10.2 Å². The predicted octanol–water partition coefficient (Wildman–Crippen LogP) is 3.53. The van der Waals surface area contributed by atoms with Crippen molar-refractivity contribution in [3.8, 4) is 11.3 Å². The first-order valence-corrected chi connectivity index (χ1v) is 7.34. The lowest BCUT2D eigenvalue weighted by Crippen LogP contribution is -2.05. The van der Waals surface area contributed by atoms with Gasteiger partial charge in [0.1, 0.15) is 11.6 Å². The second kappa shape index (κ2) is 7.36. The van der Waals surface area contributed by atoms with Gasteiger partial charge < -0.3 is 10.1 Å². The van der Waals surface area contributed by atoms with Gasteiger partial charge in [-0.2, -0.15) is 0 Å². The number of hydrogen-bond acceptors (Lipinski definition) is 4. The Labute approximate surface area is 127 Å². The predicted molar refractivity (Wildman–Crippen MR) is 84.9 cm³/mol. The van der Waals surface area contributed by atoms with Crippen molar-refractivity contribution in [1.29, 1.82) is 0 Å². The van der Waals surface area contributed by atoms with E-state index in [0.29, 0.717) is 0 Å². The van der Waals surface area contributed by atoms with Gasteiger partial charge in [-0.3, -0.25) is 0 Å². The molecule has 0 saturated heterocycles. The van der Waals surface area contributed by atoms with Gasteiger partial charge in [0.2, 0.25) is 0 Å². The van der Waals surface area contributed by atoms with Gasteiger partial charge in [-0.1, -0.05) is 30.3 Å². The third-order valence-corrected chi connectivity index (χ3v) is 3.68. The van der Waals surface area contributed by atoms with Crippen LogP contribution in [0.1, 0.15) is 12.2 Å². The SMILES string of the molecule is CNc1nc(CCCOC)nc(-c2ccccc2)c1Br. The van der Waals surface area contributed by atoms with E-state index in [0.717, 1.165) is 46.8 Å². The fraction of sp³-hybridized carbons (Fsp3) is 0.333. The molecule has 1 N–H and O–H groups in total. The molecule has 0 unspecified atom stereocenters. The van der Waals surface area contributed by atoms with Crippen LogP contribution in [0.2, 0.25) is 0 Å². The second-order valence-electron chi connectivity index (χ2n) is 4.36. The van der Waals surface area contributed by atoms with Crippen molar-refractivity contribution in [2.45, 2.75) is 12.8 Å². The number of rotatable bonds is 6. The molecule has 0 aliphatic carbocycles. The van der Waals surface area contributed by atoms with Gasteiger partial charge in [0, 0.05) is 32.7 Å². The van der Waals surface area contributed by atoms with Gasteiger partial charge >= 0.3 is 0 Å². The summed E-state index contributed by atoms with van der Waals surface area (Å²) in [6.07, 6.45) is 1.71.